The molecule has 0 bridgehead atoms. The zero-order valence-corrected chi connectivity index (χ0v) is 16.5. The molecule has 150 valence electrons. The van der Waals surface area contributed by atoms with Crippen LogP contribution < -0.4 is 9.47 Å². The lowest BCUT2D eigenvalue weighted by atomic mass is 9.94. The lowest BCUT2D eigenvalue weighted by Gasteiger charge is -2.32. The number of carbonyl (C=O) groups excluding carboxylic acids is 1. The third-order valence-electron chi connectivity index (χ3n) is 5.07. The van der Waals surface area contributed by atoms with Crippen molar-refractivity contribution in [2.45, 2.75) is 18.8 Å². The van der Waals surface area contributed by atoms with Gasteiger partial charge in [-0.2, -0.15) is 0 Å². The Kier molecular flexibility index (Phi) is 5.41. The fraction of sp³-hybridized carbons (Fsp3) is 0.333. The largest absolute Gasteiger partial charge is 0.493 e. The number of aryl methyl sites for hydroxylation is 1. The van der Waals surface area contributed by atoms with Crippen LogP contribution in [-0.4, -0.2) is 50.5 Å². The van der Waals surface area contributed by atoms with Crippen molar-refractivity contribution in [3.63, 3.8) is 0 Å². The van der Waals surface area contributed by atoms with Gasteiger partial charge in [0.25, 0.3) is 5.91 Å². The Labute approximate surface area is 169 Å². The van der Waals surface area contributed by atoms with Crippen LogP contribution in [0, 0.1) is 0 Å². The van der Waals surface area contributed by atoms with Crippen LogP contribution in [0.3, 0.4) is 0 Å². The van der Waals surface area contributed by atoms with Crippen molar-refractivity contribution < 1.29 is 14.3 Å². The molecule has 3 aromatic rings. The second-order valence-electron chi connectivity index (χ2n) is 6.95. The molecule has 1 aromatic carbocycles. The molecule has 8 nitrogen and oxygen atoms in total. The molecule has 1 fully saturated rings. The van der Waals surface area contributed by atoms with E-state index in [-0.39, 0.29) is 11.8 Å². The lowest BCUT2D eigenvalue weighted by Crippen LogP contribution is -2.40. The van der Waals surface area contributed by atoms with Gasteiger partial charge >= 0.3 is 0 Å². The molecule has 0 spiro atoms. The normalized spacial score (nSPS) is 16.5. The molecule has 1 amide bonds. The highest BCUT2D eigenvalue weighted by molar-refractivity contribution is 5.90. The molecule has 1 aliphatic rings. The molecule has 1 saturated heterocycles. The van der Waals surface area contributed by atoms with E-state index in [0.29, 0.717) is 36.3 Å². The van der Waals surface area contributed by atoms with Crippen LogP contribution in [0.4, 0.5) is 0 Å². The van der Waals surface area contributed by atoms with Crippen LogP contribution in [0.2, 0.25) is 0 Å². The maximum atomic E-state index is 12.9. The van der Waals surface area contributed by atoms with Gasteiger partial charge in [-0.05, 0) is 25.0 Å². The number of para-hydroxylation sites is 2. The van der Waals surface area contributed by atoms with Crippen molar-refractivity contribution in [2.75, 3.05) is 20.2 Å². The van der Waals surface area contributed by atoms with Gasteiger partial charge in [-0.25, -0.2) is 9.97 Å². The molecule has 0 saturated carbocycles. The highest BCUT2D eigenvalue weighted by Crippen LogP contribution is 2.35. The summed E-state index contributed by atoms with van der Waals surface area (Å²) in [5.41, 5.74) is 0.746. The van der Waals surface area contributed by atoms with E-state index in [2.05, 4.69) is 15.0 Å². The molecule has 1 atom stereocenters. The van der Waals surface area contributed by atoms with Crippen molar-refractivity contribution in [2.24, 2.45) is 7.05 Å². The van der Waals surface area contributed by atoms with Crippen molar-refractivity contribution >= 4 is 5.91 Å². The van der Waals surface area contributed by atoms with Crippen molar-refractivity contribution in [1.82, 2.24) is 24.4 Å². The Hall–Kier alpha value is -3.42. The van der Waals surface area contributed by atoms with Crippen LogP contribution in [-0.2, 0) is 7.05 Å². The van der Waals surface area contributed by atoms with Gasteiger partial charge in [-0.1, -0.05) is 12.1 Å². The number of nitrogens with zero attached hydrogens (tertiary/aromatic N) is 5. The van der Waals surface area contributed by atoms with Gasteiger partial charge in [0.15, 0.2) is 17.3 Å². The Morgan fingerprint density at radius 2 is 1.90 bits per heavy atom. The molecule has 2 aromatic heterocycles. The minimum Gasteiger partial charge on any atom is -0.493 e. The maximum Gasteiger partial charge on any atom is 0.289 e. The molecular weight excluding hydrogens is 370 g/mol. The number of ether oxygens (including phenoxy) is 2. The number of carbonyl (C=O) groups is 1. The molecule has 8 heteroatoms. The fourth-order valence-electron chi connectivity index (χ4n) is 3.60. The van der Waals surface area contributed by atoms with E-state index in [1.807, 2.05) is 36.2 Å². The van der Waals surface area contributed by atoms with E-state index in [1.165, 1.54) is 0 Å². The first kappa shape index (κ1) is 18.9. The van der Waals surface area contributed by atoms with Crippen LogP contribution >= 0.6 is 0 Å². The van der Waals surface area contributed by atoms with Gasteiger partial charge in [0.05, 0.1) is 7.11 Å². The molecule has 0 aliphatic carbocycles. The van der Waals surface area contributed by atoms with Crippen LogP contribution in [0.1, 0.15) is 35.1 Å². The summed E-state index contributed by atoms with van der Waals surface area (Å²) >= 11 is 0. The van der Waals surface area contributed by atoms with Crippen molar-refractivity contribution in [1.29, 1.82) is 0 Å². The molecular formula is C21H23N5O3. The summed E-state index contributed by atoms with van der Waals surface area (Å²) in [7, 11) is 3.42. The summed E-state index contributed by atoms with van der Waals surface area (Å²) in [6.07, 6.45) is 8.46. The van der Waals surface area contributed by atoms with E-state index in [9.17, 15) is 4.79 Å². The average molecular weight is 393 g/mol. The third-order valence-corrected chi connectivity index (χ3v) is 5.07. The summed E-state index contributed by atoms with van der Waals surface area (Å²) in [5, 5.41) is 0. The van der Waals surface area contributed by atoms with Crippen molar-refractivity contribution in [3.05, 3.63) is 60.6 Å². The van der Waals surface area contributed by atoms with Gasteiger partial charge in [0, 0.05) is 50.8 Å². The first-order valence-corrected chi connectivity index (χ1v) is 9.55. The first-order valence-electron chi connectivity index (χ1n) is 9.55. The number of hydrogen-bond acceptors (Lipinski definition) is 6. The number of amides is 1. The smallest absolute Gasteiger partial charge is 0.289 e. The number of piperidine rings is 1. The van der Waals surface area contributed by atoms with E-state index in [0.717, 1.165) is 18.5 Å². The minimum absolute atomic E-state index is 0.0337. The zero-order valence-electron chi connectivity index (χ0n) is 16.5. The summed E-state index contributed by atoms with van der Waals surface area (Å²) in [6.45, 7) is 1.25. The fourth-order valence-corrected chi connectivity index (χ4v) is 3.60. The summed E-state index contributed by atoms with van der Waals surface area (Å²) in [5.74, 6) is 2.04. The number of methoxy groups -OCH3 is 1. The maximum absolute atomic E-state index is 12.9. The predicted octanol–water partition coefficient (Wildman–Crippen LogP) is 3.03. The first-order chi connectivity index (χ1) is 14.2. The molecule has 3 heterocycles. The second kappa shape index (κ2) is 8.30. The predicted molar refractivity (Wildman–Crippen MR) is 106 cm³/mol. The van der Waals surface area contributed by atoms with E-state index in [4.69, 9.17) is 9.47 Å². The van der Waals surface area contributed by atoms with Crippen LogP contribution in [0.5, 0.6) is 17.4 Å². The average Bonchev–Trinajstić information content (AvgIpc) is 3.20. The lowest BCUT2D eigenvalue weighted by molar-refractivity contribution is 0.0688. The highest BCUT2D eigenvalue weighted by atomic mass is 16.5. The summed E-state index contributed by atoms with van der Waals surface area (Å²) < 4.78 is 13.2. The van der Waals surface area contributed by atoms with E-state index < -0.39 is 0 Å². The van der Waals surface area contributed by atoms with Gasteiger partial charge in [-0.15, -0.1) is 0 Å². The van der Waals surface area contributed by atoms with Gasteiger partial charge in [0.1, 0.15) is 5.69 Å². The molecule has 29 heavy (non-hydrogen) atoms. The number of hydrogen-bond donors (Lipinski definition) is 0. The van der Waals surface area contributed by atoms with Gasteiger partial charge in [0.2, 0.25) is 5.88 Å². The Morgan fingerprint density at radius 1 is 1.10 bits per heavy atom. The Morgan fingerprint density at radius 3 is 2.66 bits per heavy atom. The second-order valence-corrected chi connectivity index (χ2v) is 6.95. The third kappa shape index (κ3) is 3.91. The molecule has 1 unspecified atom stereocenters. The summed E-state index contributed by atoms with van der Waals surface area (Å²) in [4.78, 5) is 27.8. The number of likely N-dealkylation sites (tertiary alicyclic amines) is 1. The van der Waals surface area contributed by atoms with Crippen LogP contribution in [0.25, 0.3) is 0 Å². The van der Waals surface area contributed by atoms with Gasteiger partial charge < -0.3 is 18.9 Å². The number of aromatic nitrogens is 4. The Bertz CT molecular complexity index is 1000. The summed E-state index contributed by atoms with van der Waals surface area (Å²) in [6, 6.07) is 7.42. The van der Waals surface area contributed by atoms with E-state index in [1.54, 1.807) is 36.5 Å². The van der Waals surface area contributed by atoms with Crippen LogP contribution in [0.15, 0.2) is 49.1 Å². The topological polar surface area (TPSA) is 82.4 Å². The molecule has 0 N–H and O–H groups in total. The number of benzene rings is 1. The van der Waals surface area contributed by atoms with Crippen molar-refractivity contribution in [3.8, 4) is 17.4 Å². The number of rotatable bonds is 5. The molecule has 0 radical (unpaired) electrons. The highest BCUT2D eigenvalue weighted by Gasteiger charge is 2.30. The van der Waals surface area contributed by atoms with Gasteiger partial charge in [-0.3, -0.25) is 9.78 Å². The molecule has 1 aliphatic heterocycles. The number of imidazole rings is 1. The minimum atomic E-state index is -0.0710. The quantitative estimate of drug-likeness (QED) is 0.663. The molecule has 4 rings (SSSR count). The standard InChI is InChI=1S/C21H23N5O3/c1-25-13-11-23-19(25)21(27)26-12-5-6-15(14-26)18-20(24-10-9-22-18)29-17-8-4-3-7-16(17)28-2/h3-4,7-11,13,15H,5-6,12,14H2,1-2H3. The Balaban J connectivity index is 1.57. The van der Waals surface area contributed by atoms with E-state index >= 15 is 0 Å². The zero-order chi connectivity index (χ0) is 20.2. The SMILES string of the molecule is COc1ccccc1Oc1nccnc1C1CCCN(C(=O)c2nccn2C)C1. The monoisotopic (exact) mass is 393 g/mol.